The lowest BCUT2D eigenvalue weighted by Crippen LogP contribution is -2.27. The summed E-state index contributed by atoms with van der Waals surface area (Å²) in [7, 11) is 1.92. The van der Waals surface area contributed by atoms with E-state index in [2.05, 4.69) is 54.5 Å². The van der Waals surface area contributed by atoms with E-state index in [0.29, 0.717) is 28.9 Å². The lowest BCUT2D eigenvalue weighted by molar-refractivity contribution is -0.180. The van der Waals surface area contributed by atoms with Crippen LogP contribution in [0.2, 0.25) is 0 Å². The van der Waals surface area contributed by atoms with Crippen LogP contribution < -0.4 is 0 Å². The smallest absolute Gasteiger partial charge is 0.267 e. The first-order valence-electron chi connectivity index (χ1n) is 9.74. The minimum Gasteiger partial charge on any atom is -0.270 e. The molecule has 2 aliphatic rings. The molecular weight excluding hydrogens is 374 g/mol. The summed E-state index contributed by atoms with van der Waals surface area (Å²) in [6.45, 7) is 9.21. The summed E-state index contributed by atoms with van der Waals surface area (Å²) in [4.78, 5) is 16.8. The number of hydrogen-bond donors (Lipinski definition) is 0. The topological polar surface area (TPSA) is 65.2 Å². The minimum absolute atomic E-state index is 0.0767. The van der Waals surface area contributed by atoms with Crippen molar-refractivity contribution in [3.05, 3.63) is 34.9 Å². The average molecular weight is 406 g/mol. The Bertz CT molecular complexity index is 868. The molecule has 0 N–H and O–H groups in total. The van der Waals surface area contributed by atoms with Crippen LogP contribution in [0.5, 0.6) is 0 Å². The van der Waals surface area contributed by atoms with Gasteiger partial charge in [-0.3, -0.25) is 19.0 Å². The van der Waals surface area contributed by atoms with Crippen LogP contribution in [0.25, 0.3) is 0 Å². The third-order valence-corrected chi connectivity index (χ3v) is 6.33. The molecule has 0 saturated heterocycles. The Labute approximate surface area is 169 Å². The largest absolute Gasteiger partial charge is 0.270 e. The molecule has 2 aliphatic heterocycles. The number of rotatable bonds is 2. The van der Waals surface area contributed by atoms with E-state index >= 15 is 0 Å². The first kappa shape index (κ1) is 20.8. The molecule has 7 nitrogen and oxygen atoms in total. The first-order chi connectivity index (χ1) is 13.2. The van der Waals surface area contributed by atoms with Gasteiger partial charge in [0.05, 0.1) is 23.0 Å². The van der Waals surface area contributed by atoms with Crippen molar-refractivity contribution >= 4 is 22.3 Å². The Morgan fingerprint density at radius 2 is 1.68 bits per heavy atom. The SMILES string of the molecule is C=S1CCc2cc(C(C)C)nn2C1.CC(C)c1cc2n(n1)CC(=O)N(C)OC2. The lowest BCUT2D eigenvalue weighted by Gasteiger charge is -2.16. The molecule has 154 valence electrons. The number of carbonyl (C=O) groups is 1. The third-order valence-electron chi connectivity index (χ3n) is 4.94. The predicted octanol–water partition coefficient (Wildman–Crippen LogP) is 3.13. The Balaban J connectivity index is 0.000000162. The summed E-state index contributed by atoms with van der Waals surface area (Å²) >= 11 is 0. The standard InChI is InChI=1S/C10H15N3O2.C10H16N2S/c1-7(2)9-4-8-6-15-12(3)10(14)5-13(8)11-9;1-8(2)10-6-9-4-5-13(3)7-12(9)11-10/h4,7H,5-6H2,1-3H3;6,8H,3-5,7H2,1-2H3. The second-order valence-corrected chi connectivity index (χ2v) is 9.84. The quantitative estimate of drug-likeness (QED) is 0.720. The van der Waals surface area contributed by atoms with E-state index in [1.807, 2.05) is 6.07 Å². The molecule has 1 unspecified atom stereocenters. The molecule has 8 heteroatoms. The number of likely N-dealkylation sites (N-methyl/N-ethyl adjacent to an activating group) is 1. The van der Waals surface area contributed by atoms with Crippen molar-refractivity contribution in [1.82, 2.24) is 24.6 Å². The fourth-order valence-corrected chi connectivity index (χ4v) is 4.23. The fraction of sp³-hybridized carbons (Fsp3) is 0.600. The van der Waals surface area contributed by atoms with Gasteiger partial charge in [0.15, 0.2) is 0 Å². The maximum atomic E-state index is 11.5. The molecule has 2 aromatic rings. The molecule has 4 heterocycles. The van der Waals surface area contributed by atoms with Gasteiger partial charge in [0, 0.05) is 12.7 Å². The molecule has 0 aromatic carbocycles. The number of carbonyl (C=O) groups excluding carboxylic acids is 1. The summed E-state index contributed by atoms with van der Waals surface area (Å²) < 4.78 is 3.87. The van der Waals surface area contributed by atoms with E-state index in [0.717, 1.165) is 23.7 Å². The van der Waals surface area contributed by atoms with E-state index in [1.54, 1.807) is 11.7 Å². The highest BCUT2D eigenvalue weighted by atomic mass is 32.2. The molecule has 0 bridgehead atoms. The molecule has 0 spiro atoms. The van der Waals surface area contributed by atoms with Gasteiger partial charge < -0.3 is 0 Å². The second kappa shape index (κ2) is 8.61. The van der Waals surface area contributed by atoms with Gasteiger partial charge in [-0.15, -0.1) is 0 Å². The predicted molar refractivity (Wildman–Crippen MR) is 113 cm³/mol. The van der Waals surface area contributed by atoms with Gasteiger partial charge in [0.2, 0.25) is 0 Å². The van der Waals surface area contributed by atoms with E-state index < -0.39 is 0 Å². The van der Waals surface area contributed by atoms with Crippen molar-refractivity contribution in [2.45, 2.75) is 65.0 Å². The van der Waals surface area contributed by atoms with Crippen LogP contribution in [0.1, 0.15) is 62.3 Å². The summed E-state index contributed by atoms with van der Waals surface area (Å²) in [6, 6.07) is 4.25. The van der Waals surface area contributed by atoms with Crippen molar-refractivity contribution < 1.29 is 9.63 Å². The Hall–Kier alpha value is -1.93. The molecule has 28 heavy (non-hydrogen) atoms. The fourth-order valence-electron chi connectivity index (χ4n) is 3.03. The molecule has 1 atom stereocenters. The van der Waals surface area contributed by atoms with Gasteiger partial charge in [-0.1, -0.05) is 33.6 Å². The van der Waals surface area contributed by atoms with Crippen LogP contribution in [0.3, 0.4) is 0 Å². The number of nitrogens with zero attached hydrogens (tertiary/aromatic N) is 5. The van der Waals surface area contributed by atoms with Crippen molar-refractivity contribution in [3.8, 4) is 0 Å². The molecule has 0 saturated carbocycles. The third kappa shape index (κ3) is 4.72. The van der Waals surface area contributed by atoms with Crippen molar-refractivity contribution in [2.24, 2.45) is 0 Å². The monoisotopic (exact) mass is 405 g/mol. The first-order valence-corrected chi connectivity index (χ1v) is 11.5. The molecular formula is C20H31N5O2S. The number of amides is 1. The normalized spacial score (nSPS) is 19.2. The molecule has 0 radical (unpaired) electrons. The van der Waals surface area contributed by atoms with Gasteiger partial charge in [0.25, 0.3) is 5.91 Å². The number of aromatic nitrogens is 4. The highest BCUT2D eigenvalue weighted by molar-refractivity contribution is 8.13. The van der Waals surface area contributed by atoms with E-state index in [9.17, 15) is 4.79 Å². The van der Waals surface area contributed by atoms with Gasteiger partial charge in [-0.05, 0) is 36.1 Å². The zero-order valence-electron chi connectivity index (χ0n) is 17.5. The highest BCUT2D eigenvalue weighted by Crippen LogP contribution is 2.25. The van der Waals surface area contributed by atoms with Gasteiger partial charge >= 0.3 is 0 Å². The van der Waals surface area contributed by atoms with Gasteiger partial charge in [-0.2, -0.15) is 20.7 Å². The van der Waals surface area contributed by atoms with Crippen LogP contribution in [0, 0.1) is 0 Å². The highest BCUT2D eigenvalue weighted by Gasteiger charge is 2.20. The van der Waals surface area contributed by atoms with Crippen molar-refractivity contribution in [2.75, 3.05) is 12.8 Å². The Morgan fingerprint density at radius 3 is 2.32 bits per heavy atom. The zero-order chi connectivity index (χ0) is 20.4. The zero-order valence-corrected chi connectivity index (χ0v) is 18.3. The van der Waals surface area contributed by atoms with E-state index in [1.165, 1.54) is 22.2 Å². The number of aryl methyl sites for hydroxylation is 1. The molecule has 0 fully saturated rings. The average Bonchev–Trinajstić information content (AvgIpc) is 3.21. The maximum absolute atomic E-state index is 11.5. The van der Waals surface area contributed by atoms with Crippen LogP contribution in [-0.2, 0) is 35.1 Å². The number of fused-ring (bicyclic) bond motifs is 2. The van der Waals surface area contributed by atoms with Crippen LogP contribution in [0.4, 0.5) is 0 Å². The maximum Gasteiger partial charge on any atom is 0.267 e. The summed E-state index contributed by atoms with van der Waals surface area (Å²) in [5.74, 6) is 7.23. The van der Waals surface area contributed by atoms with E-state index in [4.69, 9.17) is 4.84 Å². The summed E-state index contributed by atoms with van der Waals surface area (Å²) in [5, 5.41) is 10.2. The molecule has 1 amide bonds. The molecule has 0 aliphatic carbocycles. The van der Waals surface area contributed by atoms with Crippen LogP contribution >= 0.6 is 10.5 Å². The summed E-state index contributed by atoms with van der Waals surface area (Å²) in [5.41, 5.74) is 4.59. The number of hydrogen-bond acceptors (Lipinski definition) is 4. The van der Waals surface area contributed by atoms with Gasteiger partial charge in [-0.25, -0.2) is 5.06 Å². The molecule has 2 aromatic heterocycles. The van der Waals surface area contributed by atoms with E-state index in [-0.39, 0.29) is 12.5 Å². The Kier molecular flexibility index (Phi) is 6.40. The number of hydroxylamine groups is 2. The lowest BCUT2D eigenvalue weighted by atomic mass is 10.1. The second-order valence-electron chi connectivity index (χ2n) is 7.95. The minimum atomic E-state index is -0.0767. The van der Waals surface area contributed by atoms with Crippen LogP contribution in [0.15, 0.2) is 12.1 Å². The van der Waals surface area contributed by atoms with Crippen molar-refractivity contribution in [1.29, 1.82) is 0 Å². The summed E-state index contributed by atoms with van der Waals surface area (Å²) in [6.07, 6.45) is 1.16. The van der Waals surface area contributed by atoms with Crippen molar-refractivity contribution in [3.63, 3.8) is 0 Å². The molecule has 4 rings (SSSR count). The van der Waals surface area contributed by atoms with Gasteiger partial charge in [0.1, 0.15) is 13.2 Å². The van der Waals surface area contributed by atoms with Crippen LogP contribution in [-0.4, -0.2) is 49.2 Å². The Morgan fingerprint density at radius 1 is 1.07 bits per heavy atom.